The molecule has 1 N–H and O–H groups in total. The molecule has 84 valence electrons. The Morgan fingerprint density at radius 1 is 1.53 bits per heavy atom. The summed E-state index contributed by atoms with van der Waals surface area (Å²) >= 11 is 1.49. The largest absolute Gasteiger partial charge is 0.349 e. The lowest BCUT2D eigenvalue weighted by atomic mass is 10.0. The van der Waals surface area contributed by atoms with Crippen molar-refractivity contribution in [1.29, 1.82) is 0 Å². The summed E-state index contributed by atoms with van der Waals surface area (Å²) in [5.41, 5.74) is 0. The first-order valence-corrected chi connectivity index (χ1v) is 6.35. The van der Waals surface area contributed by atoms with Gasteiger partial charge in [-0.3, -0.25) is 4.79 Å². The Kier molecular flexibility index (Phi) is 4.82. The number of hydrogen-bond acceptors (Lipinski definition) is 2. The van der Waals surface area contributed by atoms with Crippen molar-refractivity contribution in [1.82, 2.24) is 5.32 Å². The molecule has 1 heterocycles. The van der Waals surface area contributed by atoms with Crippen molar-refractivity contribution in [3.63, 3.8) is 0 Å². The Balaban J connectivity index is 2.38. The molecule has 0 radical (unpaired) electrons. The van der Waals surface area contributed by atoms with Crippen LogP contribution in [0.15, 0.2) is 17.5 Å². The molecule has 2 atom stereocenters. The number of nitrogens with one attached hydrogen (secondary N) is 1. The van der Waals surface area contributed by atoms with Crippen molar-refractivity contribution in [2.75, 3.05) is 0 Å². The molecule has 3 heteroatoms. The molecule has 0 bridgehead atoms. The highest BCUT2D eigenvalue weighted by atomic mass is 32.1. The van der Waals surface area contributed by atoms with Crippen LogP contribution in [-0.4, -0.2) is 11.9 Å². The Bertz CT molecular complexity index is 295. The number of hydrogen-bond donors (Lipinski definition) is 1. The van der Waals surface area contributed by atoms with Crippen molar-refractivity contribution in [3.05, 3.63) is 22.4 Å². The van der Waals surface area contributed by atoms with Crippen molar-refractivity contribution in [2.24, 2.45) is 5.92 Å². The molecule has 0 aliphatic heterocycles. The average Bonchev–Trinajstić information content (AvgIpc) is 2.70. The predicted molar refractivity (Wildman–Crippen MR) is 65.3 cm³/mol. The maximum atomic E-state index is 11.7. The summed E-state index contributed by atoms with van der Waals surface area (Å²) < 4.78 is 0. The van der Waals surface area contributed by atoms with E-state index in [0.717, 1.165) is 11.3 Å². The van der Waals surface area contributed by atoms with Crippen molar-refractivity contribution < 1.29 is 4.79 Å². The SMILES string of the molecule is CCC(C)CC(C)NC(=O)c1cccs1. The smallest absolute Gasteiger partial charge is 0.261 e. The van der Waals surface area contributed by atoms with Gasteiger partial charge in [-0.1, -0.05) is 26.3 Å². The third-order valence-electron chi connectivity index (χ3n) is 2.58. The normalized spacial score (nSPS) is 14.6. The lowest BCUT2D eigenvalue weighted by Gasteiger charge is -2.16. The minimum atomic E-state index is 0.0563. The van der Waals surface area contributed by atoms with E-state index in [-0.39, 0.29) is 11.9 Å². The monoisotopic (exact) mass is 225 g/mol. The molecule has 0 saturated carbocycles. The van der Waals surface area contributed by atoms with Crippen LogP contribution in [0.3, 0.4) is 0 Å². The lowest BCUT2D eigenvalue weighted by Crippen LogP contribution is -2.33. The van der Waals surface area contributed by atoms with Gasteiger partial charge in [0.05, 0.1) is 4.88 Å². The van der Waals surface area contributed by atoms with Gasteiger partial charge in [-0.25, -0.2) is 0 Å². The zero-order valence-corrected chi connectivity index (χ0v) is 10.4. The topological polar surface area (TPSA) is 29.1 Å². The fraction of sp³-hybridized carbons (Fsp3) is 0.583. The van der Waals surface area contributed by atoms with Crippen LogP contribution in [0, 0.1) is 5.92 Å². The second-order valence-electron chi connectivity index (χ2n) is 4.10. The third-order valence-corrected chi connectivity index (χ3v) is 3.44. The molecule has 1 aromatic heterocycles. The zero-order chi connectivity index (χ0) is 11.3. The molecule has 0 fully saturated rings. The second-order valence-corrected chi connectivity index (χ2v) is 5.05. The fourth-order valence-corrected chi connectivity index (χ4v) is 2.16. The van der Waals surface area contributed by atoms with E-state index in [1.54, 1.807) is 0 Å². The number of thiophene rings is 1. The standard InChI is InChI=1S/C12H19NOS/c1-4-9(2)8-10(3)13-12(14)11-6-5-7-15-11/h5-7,9-10H,4,8H2,1-3H3,(H,13,14). The molecule has 2 nitrogen and oxygen atoms in total. The van der Waals surface area contributed by atoms with Crippen LogP contribution in [0.5, 0.6) is 0 Å². The number of amides is 1. The van der Waals surface area contributed by atoms with E-state index >= 15 is 0 Å². The van der Waals surface area contributed by atoms with E-state index < -0.39 is 0 Å². The summed E-state index contributed by atoms with van der Waals surface area (Å²) in [5, 5.41) is 4.94. The van der Waals surface area contributed by atoms with Crippen LogP contribution < -0.4 is 5.32 Å². The highest BCUT2D eigenvalue weighted by molar-refractivity contribution is 7.12. The van der Waals surface area contributed by atoms with Gasteiger partial charge in [0.2, 0.25) is 0 Å². The highest BCUT2D eigenvalue weighted by Gasteiger charge is 2.12. The van der Waals surface area contributed by atoms with Gasteiger partial charge in [-0.15, -0.1) is 11.3 Å². The summed E-state index contributed by atoms with van der Waals surface area (Å²) in [7, 11) is 0. The van der Waals surface area contributed by atoms with E-state index in [9.17, 15) is 4.79 Å². The molecule has 1 rings (SSSR count). The van der Waals surface area contributed by atoms with Gasteiger partial charge in [0.25, 0.3) is 5.91 Å². The third kappa shape index (κ3) is 4.04. The molecule has 2 unspecified atom stereocenters. The molecular weight excluding hydrogens is 206 g/mol. The Morgan fingerprint density at radius 3 is 2.80 bits per heavy atom. The van der Waals surface area contributed by atoms with E-state index in [4.69, 9.17) is 0 Å². The van der Waals surface area contributed by atoms with Gasteiger partial charge >= 0.3 is 0 Å². The average molecular weight is 225 g/mol. The Hall–Kier alpha value is -0.830. The summed E-state index contributed by atoms with van der Waals surface area (Å²) in [6, 6.07) is 4.02. The van der Waals surface area contributed by atoms with Crippen LogP contribution in [0.1, 0.15) is 43.3 Å². The van der Waals surface area contributed by atoms with E-state index in [2.05, 4.69) is 26.1 Å². The Morgan fingerprint density at radius 2 is 2.27 bits per heavy atom. The molecule has 0 aliphatic carbocycles. The van der Waals surface area contributed by atoms with Crippen molar-refractivity contribution in [2.45, 2.75) is 39.7 Å². The number of rotatable bonds is 5. The van der Waals surface area contributed by atoms with Crippen LogP contribution in [0.25, 0.3) is 0 Å². The van der Waals surface area contributed by atoms with Crippen LogP contribution in [-0.2, 0) is 0 Å². The molecule has 15 heavy (non-hydrogen) atoms. The molecule has 0 aliphatic rings. The first-order chi connectivity index (χ1) is 7.13. The minimum absolute atomic E-state index is 0.0563. The molecule has 0 aromatic carbocycles. The van der Waals surface area contributed by atoms with Crippen LogP contribution in [0.2, 0.25) is 0 Å². The van der Waals surface area contributed by atoms with Gasteiger partial charge in [0.15, 0.2) is 0 Å². The molecule has 0 spiro atoms. The maximum absolute atomic E-state index is 11.7. The van der Waals surface area contributed by atoms with E-state index in [1.807, 2.05) is 17.5 Å². The van der Waals surface area contributed by atoms with Crippen molar-refractivity contribution in [3.8, 4) is 0 Å². The lowest BCUT2D eigenvalue weighted by molar-refractivity contribution is 0.0939. The molecule has 1 aromatic rings. The number of carbonyl (C=O) groups excluding carboxylic acids is 1. The van der Waals surface area contributed by atoms with E-state index in [1.165, 1.54) is 17.8 Å². The molecule has 1 amide bonds. The minimum Gasteiger partial charge on any atom is -0.349 e. The quantitative estimate of drug-likeness (QED) is 0.818. The first kappa shape index (κ1) is 12.2. The number of carbonyl (C=O) groups is 1. The van der Waals surface area contributed by atoms with Crippen LogP contribution in [0.4, 0.5) is 0 Å². The summed E-state index contributed by atoms with van der Waals surface area (Å²) in [5.74, 6) is 0.726. The Labute approximate surface area is 95.7 Å². The van der Waals surface area contributed by atoms with Crippen molar-refractivity contribution >= 4 is 17.2 Å². The summed E-state index contributed by atoms with van der Waals surface area (Å²) in [6.45, 7) is 6.46. The highest BCUT2D eigenvalue weighted by Crippen LogP contribution is 2.12. The van der Waals surface area contributed by atoms with Gasteiger partial charge in [-0.05, 0) is 30.7 Å². The summed E-state index contributed by atoms with van der Waals surface area (Å²) in [6.07, 6.45) is 2.22. The summed E-state index contributed by atoms with van der Waals surface area (Å²) in [4.78, 5) is 12.5. The molecular formula is C12H19NOS. The van der Waals surface area contributed by atoms with Gasteiger partial charge in [0.1, 0.15) is 0 Å². The second kappa shape index (κ2) is 5.91. The predicted octanol–water partition coefficient (Wildman–Crippen LogP) is 3.30. The van der Waals surface area contributed by atoms with Gasteiger partial charge in [0, 0.05) is 6.04 Å². The molecule has 0 saturated heterocycles. The first-order valence-electron chi connectivity index (χ1n) is 5.47. The van der Waals surface area contributed by atoms with Gasteiger partial charge < -0.3 is 5.32 Å². The van der Waals surface area contributed by atoms with E-state index in [0.29, 0.717) is 5.92 Å². The fourth-order valence-electron chi connectivity index (χ4n) is 1.53. The maximum Gasteiger partial charge on any atom is 0.261 e. The van der Waals surface area contributed by atoms with Gasteiger partial charge in [-0.2, -0.15) is 0 Å². The van der Waals surface area contributed by atoms with Crippen LogP contribution >= 0.6 is 11.3 Å². The zero-order valence-electron chi connectivity index (χ0n) is 9.62.